The van der Waals surface area contributed by atoms with Crippen LogP contribution in [0.2, 0.25) is 0 Å². The van der Waals surface area contributed by atoms with Crippen LogP contribution < -0.4 is 9.47 Å². The van der Waals surface area contributed by atoms with Crippen molar-refractivity contribution in [3.05, 3.63) is 59.2 Å². The van der Waals surface area contributed by atoms with Gasteiger partial charge in [0, 0.05) is 45.3 Å². The van der Waals surface area contributed by atoms with Crippen LogP contribution in [0.3, 0.4) is 0 Å². The van der Waals surface area contributed by atoms with E-state index in [1.54, 1.807) is 26.4 Å². The lowest BCUT2D eigenvalue weighted by molar-refractivity contribution is -0.137. The van der Waals surface area contributed by atoms with E-state index in [-0.39, 0.29) is 0 Å². The molecule has 0 radical (unpaired) electrons. The lowest BCUT2D eigenvalue weighted by atomic mass is 10.1. The summed E-state index contributed by atoms with van der Waals surface area (Å²) in [5.74, 6) is 1.55. The molecule has 0 spiro atoms. The van der Waals surface area contributed by atoms with Crippen LogP contribution in [0.5, 0.6) is 11.5 Å². The van der Waals surface area contributed by atoms with Crippen molar-refractivity contribution >= 4 is 0 Å². The van der Waals surface area contributed by atoms with E-state index in [0.717, 1.165) is 67.5 Å². The van der Waals surface area contributed by atoms with Crippen molar-refractivity contribution in [2.75, 3.05) is 40.4 Å². The molecule has 0 saturated carbocycles. The van der Waals surface area contributed by atoms with Gasteiger partial charge in [-0.1, -0.05) is 12.1 Å². The zero-order valence-electron chi connectivity index (χ0n) is 16.1. The number of benzene rings is 2. The minimum Gasteiger partial charge on any atom is -0.497 e. The first-order chi connectivity index (χ1) is 13.4. The molecule has 7 heteroatoms. The van der Waals surface area contributed by atoms with E-state index in [9.17, 15) is 13.2 Å². The van der Waals surface area contributed by atoms with E-state index in [1.165, 1.54) is 0 Å². The number of ether oxygens (including phenoxy) is 2. The van der Waals surface area contributed by atoms with E-state index in [1.807, 2.05) is 18.2 Å². The highest BCUT2D eigenvalue weighted by Crippen LogP contribution is 2.29. The second-order valence-electron chi connectivity index (χ2n) is 6.97. The molecule has 1 heterocycles. The number of rotatable bonds is 6. The summed E-state index contributed by atoms with van der Waals surface area (Å²) >= 11 is 0. The van der Waals surface area contributed by atoms with E-state index < -0.39 is 11.7 Å². The van der Waals surface area contributed by atoms with Gasteiger partial charge in [0.05, 0.1) is 19.8 Å². The average molecular weight is 394 g/mol. The van der Waals surface area contributed by atoms with Gasteiger partial charge in [-0.05, 0) is 35.4 Å². The fraction of sp³-hybridized carbons (Fsp3) is 0.429. The maximum Gasteiger partial charge on any atom is 0.416 e. The van der Waals surface area contributed by atoms with Gasteiger partial charge in [-0.25, -0.2) is 0 Å². The Labute approximate surface area is 163 Å². The second-order valence-corrected chi connectivity index (χ2v) is 6.97. The van der Waals surface area contributed by atoms with Gasteiger partial charge in [-0.3, -0.25) is 9.80 Å². The molecule has 28 heavy (non-hydrogen) atoms. The van der Waals surface area contributed by atoms with Crippen LogP contribution in [-0.4, -0.2) is 50.2 Å². The molecular weight excluding hydrogens is 369 g/mol. The third-order valence-corrected chi connectivity index (χ3v) is 4.97. The Balaban J connectivity index is 1.52. The van der Waals surface area contributed by atoms with Gasteiger partial charge in [0.15, 0.2) is 0 Å². The molecule has 2 aromatic carbocycles. The number of alkyl halides is 3. The van der Waals surface area contributed by atoms with Crippen molar-refractivity contribution in [3.8, 4) is 11.5 Å². The summed E-state index contributed by atoms with van der Waals surface area (Å²) in [6, 6.07) is 11.3. The topological polar surface area (TPSA) is 24.9 Å². The van der Waals surface area contributed by atoms with Crippen LogP contribution in [0, 0.1) is 0 Å². The number of piperazine rings is 1. The maximum atomic E-state index is 12.7. The smallest absolute Gasteiger partial charge is 0.416 e. The third kappa shape index (κ3) is 5.39. The zero-order valence-corrected chi connectivity index (χ0v) is 16.1. The summed E-state index contributed by atoms with van der Waals surface area (Å²) in [5, 5.41) is 0. The fourth-order valence-electron chi connectivity index (χ4n) is 3.38. The molecule has 2 aromatic rings. The minimum absolute atomic E-state index is 0.602. The molecule has 1 saturated heterocycles. The quantitative estimate of drug-likeness (QED) is 0.738. The number of halogens is 3. The predicted octanol–water partition coefficient (Wildman–Crippen LogP) is 4.04. The van der Waals surface area contributed by atoms with E-state index >= 15 is 0 Å². The summed E-state index contributed by atoms with van der Waals surface area (Å²) in [5.41, 5.74) is 1.43. The molecule has 3 rings (SSSR count). The lowest BCUT2D eigenvalue weighted by Crippen LogP contribution is -2.45. The fourth-order valence-corrected chi connectivity index (χ4v) is 3.38. The van der Waals surface area contributed by atoms with Gasteiger partial charge in [0.25, 0.3) is 0 Å². The Morgan fingerprint density at radius 3 is 1.64 bits per heavy atom. The van der Waals surface area contributed by atoms with Crippen LogP contribution in [0.4, 0.5) is 13.2 Å². The van der Waals surface area contributed by atoms with Crippen molar-refractivity contribution in [2.45, 2.75) is 19.3 Å². The normalized spacial score (nSPS) is 16.2. The molecule has 152 valence electrons. The minimum atomic E-state index is -4.28. The number of hydrogen-bond donors (Lipinski definition) is 0. The van der Waals surface area contributed by atoms with Gasteiger partial charge >= 0.3 is 6.18 Å². The van der Waals surface area contributed by atoms with Crippen LogP contribution >= 0.6 is 0 Å². The molecule has 0 aromatic heterocycles. The molecular formula is C21H25F3N2O2. The van der Waals surface area contributed by atoms with Crippen LogP contribution in [0.1, 0.15) is 16.7 Å². The molecule has 0 aliphatic carbocycles. The van der Waals surface area contributed by atoms with E-state index in [4.69, 9.17) is 9.47 Å². The number of nitrogens with zero attached hydrogens (tertiary/aromatic N) is 2. The first-order valence-electron chi connectivity index (χ1n) is 9.20. The van der Waals surface area contributed by atoms with Crippen molar-refractivity contribution in [2.24, 2.45) is 0 Å². The van der Waals surface area contributed by atoms with Crippen LogP contribution in [0.25, 0.3) is 0 Å². The van der Waals surface area contributed by atoms with Gasteiger partial charge in [-0.2, -0.15) is 13.2 Å². The van der Waals surface area contributed by atoms with Crippen molar-refractivity contribution in [1.29, 1.82) is 0 Å². The Hall–Kier alpha value is -2.25. The molecule has 1 aliphatic rings. The van der Waals surface area contributed by atoms with Gasteiger partial charge in [-0.15, -0.1) is 0 Å². The van der Waals surface area contributed by atoms with Crippen molar-refractivity contribution in [1.82, 2.24) is 9.80 Å². The van der Waals surface area contributed by atoms with E-state index in [0.29, 0.717) is 6.54 Å². The molecule has 1 fully saturated rings. The largest absolute Gasteiger partial charge is 0.497 e. The van der Waals surface area contributed by atoms with E-state index in [2.05, 4.69) is 9.80 Å². The Morgan fingerprint density at radius 1 is 0.750 bits per heavy atom. The highest BCUT2D eigenvalue weighted by molar-refractivity contribution is 5.38. The first kappa shape index (κ1) is 20.5. The summed E-state index contributed by atoms with van der Waals surface area (Å²) in [6.45, 7) is 5.03. The van der Waals surface area contributed by atoms with Gasteiger partial charge in [0.2, 0.25) is 0 Å². The van der Waals surface area contributed by atoms with Gasteiger partial charge < -0.3 is 9.47 Å². The Bertz CT molecular complexity index is 748. The SMILES string of the molecule is COc1cc(CN2CCN(Cc3ccc(C(F)(F)F)cc3)CC2)cc(OC)c1. The second kappa shape index (κ2) is 8.84. The standard InChI is InChI=1S/C21H25F3N2O2/c1-27-19-11-17(12-20(13-19)28-2)15-26-9-7-25(8-10-26)14-16-3-5-18(6-4-16)21(22,23)24/h3-6,11-13H,7-10,14-15H2,1-2H3. The molecule has 0 atom stereocenters. The number of hydrogen-bond acceptors (Lipinski definition) is 4. The maximum absolute atomic E-state index is 12.7. The molecule has 4 nitrogen and oxygen atoms in total. The predicted molar refractivity (Wildman–Crippen MR) is 102 cm³/mol. The highest BCUT2D eigenvalue weighted by atomic mass is 19.4. The molecule has 0 unspecified atom stereocenters. The molecule has 0 N–H and O–H groups in total. The van der Waals surface area contributed by atoms with Crippen molar-refractivity contribution < 1.29 is 22.6 Å². The Morgan fingerprint density at radius 2 is 1.21 bits per heavy atom. The van der Waals surface area contributed by atoms with Crippen LogP contribution in [-0.2, 0) is 19.3 Å². The molecule has 0 bridgehead atoms. The summed E-state index contributed by atoms with van der Waals surface area (Å²) in [7, 11) is 3.27. The highest BCUT2D eigenvalue weighted by Gasteiger charge is 2.30. The molecule has 1 aliphatic heterocycles. The summed E-state index contributed by atoms with van der Waals surface area (Å²) in [6.07, 6.45) is -4.28. The molecule has 0 amide bonds. The van der Waals surface area contributed by atoms with Crippen molar-refractivity contribution in [3.63, 3.8) is 0 Å². The first-order valence-corrected chi connectivity index (χ1v) is 9.20. The number of methoxy groups -OCH3 is 2. The monoisotopic (exact) mass is 394 g/mol. The summed E-state index contributed by atoms with van der Waals surface area (Å²) in [4.78, 5) is 4.63. The third-order valence-electron chi connectivity index (χ3n) is 4.97. The Kier molecular flexibility index (Phi) is 6.46. The van der Waals surface area contributed by atoms with Gasteiger partial charge in [0.1, 0.15) is 11.5 Å². The van der Waals surface area contributed by atoms with Crippen LogP contribution in [0.15, 0.2) is 42.5 Å². The average Bonchev–Trinajstić information content (AvgIpc) is 2.69. The zero-order chi connectivity index (χ0) is 20.1. The lowest BCUT2D eigenvalue weighted by Gasteiger charge is -2.34. The summed E-state index contributed by atoms with van der Waals surface area (Å²) < 4.78 is 48.6.